The van der Waals surface area contributed by atoms with E-state index in [4.69, 9.17) is 0 Å². The van der Waals surface area contributed by atoms with Gasteiger partial charge in [0, 0.05) is 13.1 Å². The smallest absolute Gasteiger partial charge is 0.0774 e. The van der Waals surface area contributed by atoms with Crippen molar-refractivity contribution < 1.29 is 5.11 Å². The van der Waals surface area contributed by atoms with Gasteiger partial charge < -0.3 is 10.0 Å². The summed E-state index contributed by atoms with van der Waals surface area (Å²) in [7, 11) is 2.17. The second kappa shape index (κ2) is 5.50. The first kappa shape index (κ1) is 13.7. The Balaban J connectivity index is 1.85. The third-order valence-corrected chi connectivity index (χ3v) is 5.37. The average molecular weight is 257 g/mol. The molecular formula is C14H27NOS. The van der Waals surface area contributed by atoms with Gasteiger partial charge in [-0.3, -0.25) is 0 Å². The lowest BCUT2D eigenvalue weighted by atomic mass is 9.87. The van der Waals surface area contributed by atoms with Crippen LogP contribution in [0.3, 0.4) is 0 Å². The fraction of sp³-hybridized carbons (Fsp3) is 1.00. The van der Waals surface area contributed by atoms with Crippen LogP contribution in [0.5, 0.6) is 0 Å². The molecule has 0 radical (unpaired) electrons. The van der Waals surface area contributed by atoms with Gasteiger partial charge in [-0.2, -0.15) is 12.6 Å². The van der Waals surface area contributed by atoms with Crippen LogP contribution in [-0.4, -0.2) is 41.5 Å². The molecule has 3 heteroatoms. The molecule has 0 aliphatic heterocycles. The van der Waals surface area contributed by atoms with Crippen molar-refractivity contribution in [2.45, 2.75) is 57.0 Å². The van der Waals surface area contributed by atoms with Crippen LogP contribution in [0.15, 0.2) is 0 Å². The maximum atomic E-state index is 10.4. The third-order valence-electron chi connectivity index (χ3n) is 4.70. The van der Waals surface area contributed by atoms with Crippen LogP contribution in [-0.2, 0) is 0 Å². The number of hydrogen-bond donors (Lipinski definition) is 2. The zero-order valence-corrected chi connectivity index (χ0v) is 12.0. The molecule has 0 amide bonds. The molecule has 100 valence electrons. The molecule has 2 aliphatic rings. The molecule has 17 heavy (non-hydrogen) atoms. The lowest BCUT2D eigenvalue weighted by Gasteiger charge is -2.36. The van der Waals surface area contributed by atoms with E-state index in [1.165, 1.54) is 38.5 Å². The van der Waals surface area contributed by atoms with Crippen LogP contribution < -0.4 is 0 Å². The summed E-state index contributed by atoms with van der Waals surface area (Å²) in [5, 5.41) is 10.4. The maximum Gasteiger partial charge on any atom is 0.0774 e. The standard InChI is InChI=1S/C14H27NOS/c1-15(11-14(16)8-4-5-9-14)10-13(12-17)6-2-3-7-13/h16-17H,2-12H2,1H3. The zero-order chi connectivity index (χ0) is 12.4. The molecule has 0 atom stereocenters. The molecule has 0 aromatic rings. The van der Waals surface area contributed by atoms with E-state index in [2.05, 4.69) is 24.6 Å². The van der Waals surface area contributed by atoms with Gasteiger partial charge in [-0.05, 0) is 43.9 Å². The summed E-state index contributed by atoms with van der Waals surface area (Å²) >= 11 is 4.56. The summed E-state index contributed by atoms with van der Waals surface area (Å²) in [5.74, 6) is 0.996. The first-order chi connectivity index (χ1) is 8.08. The second-order valence-corrected chi connectivity index (χ2v) is 6.79. The Morgan fingerprint density at radius 1 is 1.00 bits per heavy atom. The topological polar surface area (TPSA) is 23.5 Å². The van der Waals surface area contributed by atoms with Gasteiger partial charge >= 0.3 is 0 Å². The highest BCUT2D eigenvalue weighted by atomic mass is 32.1. The molecule has 0 aromatic carbocycles. The Kier molecular flexibility index (Phi) is 4.43. The highest BCUT2D eigenvalue weighted by Gasteiger charge is 2.37. The highest BCUT2D eigenvalue weighted by Crippen LogP contribution is 2.40. The molecule has 0 saturated heterocycles. The van der Waals surface area contributed by atoms with Crippen molar-refractivity contribution in [3.05, 3.63) is 0 Å². The van der Waals surface area contributed by atoms with Gasteiger partial charge in [-0.1, -0.05) is 25.7 Å². The fourth-order valence-electron chi connectivity index (χ4n) is 3.81. The number of rotatable bonds is 5. The van der Waals surface area contributed by atoms with Gasteiger partial charge in [0.15, 0.2) is 0 Å². The molecule has 2 saturated carbocycles. The van der Waals surface area contributed by atoms with Crippen molar-refractivity contribution in [3.63, 3.8) is 0 Å². The quantitative estimate of drug-likeness (QED) is 0.740. The third kappa shape index (κ3) is 3.39. The molecule has 0 spiro atoms. The van der Waals surface area contributed by atoms with Gasteiger partial charge in [0.2, 0.25) is 0 Å². The first-order valence-electron chi connectivity index (χ1n) is 7.09. The summed E-state index contributed by atoms with van der Waals surface area (Å²) in [4.78, 5) is 2.35. The summed E-state index contributed by atoms with van der Waals surface area (Å²) in [6, 6.07) is 0. The summed E-state index contributed by atoms with van der Waals surface area (Å²) in [6.07, 6.45) is 9.73. The van der Waals surface area contributed by atoms with Crippen molar-refractivity contribution in [1.82, 2.24) is 4.90 Å². The number of nitrogens with zero attached hydrogens (tertiary/aromatic N) is 1. The van der Waals surface area contributed by atoms with Crippen LogP contribution in [0, 0.1) is 5.41 Å². The Hall–Kier alpha value is 0.270. The van der Waals surface area contributed by atoms with Gasteiger partial charge in [0.05, 0.1) is 5.60 Å². The first-order valence-corrected chi connectivity index (χ1v) is 7.73. The Morgan fingerprint density at radius 2 is 1.53 bits per heavy atom. The number of thiol groups is 1. The number of hydrogen-bond acceptors (Lipinski definition) is 3. The lowest BCUT2D eigenvalue weighted by molar-refractivity contribution is 0.00767. The number of aliphatic hydroxyl groups is 1. The summed E-state index contributed by atoms with van der Waals surface area (Å²) in [6.45, 7) is 1.96. The second-order valence-electron chi connectivity index (χ2n) is 6.47. The minimum Gasteiger partial charge on any atom is -0.389 e. The monoisotopic (exact) mass is 257 g/mol. The van der Waals surface area contributed by atoms with E-state index in [-0.39, 0.29) is 0 Å². The van der Waals surface area contributed by atoms with Gasteiger partial charge in [0.1, 0.15) is 0 Å². The molecule has 0 aromatic heterocycles. The van der Waals surface area contributed by atoms with E-state index in [0.29, 0.717) is 5.41 Å². The molecule has 2 rings (SSSR count). The highest BCUT2D eigenvalue weighted by molar-refractivity contribution is 7.80. The van der Waals surface area contributed by atoms with Gasteiger partial charge in [-0.25, -0.2) is 0 Å². The Morgan fingerprint density at radius 3 is 2.06 bits per heavy atom. The van der Waals surface area contributed by atoms with E-state index >= 15 is 0 Å². The van der Waals surface area contributed by atoms with Crippen molar-refractivity contribution >= 4 is 12.6 Å². The van der Waals surface area contributed by atoms with E-state index in [0.717, 1.165) is 31.7 Å². The number of likely N-dealkylation sites (N-methyl/N-ethyl adjacent to an activating group) is 1. The lowest BCUT2D eigenvalue weighted by Crippen LogP contribution is -2.44. The van der Waals surface area contributed by atoms with Crippen LogP contribution in [0.4, 0.5) is 0 Å². The zero-order valence-electron chi connectivity index (χ0n) is 11.1. The largest absolute Gasteiger partial charge is 0.389 e. The summed E-state index contributed by atoms with van der Waals surface area (Å²) in [5.41, 5.74) is 0.0258. The predicted octanol–water partition coefficient (Wildman–Crippen LogP) is 2.71. The normalized spacial score (nSPS) is 26.8. The van der Waals surface area contributed by atoms with Gasteiger partial charge in [0.25, 0.3) is 0 Å². The molecule has 2 aliphatic carbocycles. The minimum absolute atomic E-state index is 0.398. The molecular weight excluding hydrogens is 230 g/mol. The van der Waals surface area contributed by atoms with Crippen molar-refractivity contribution in [3.8, 4) is 0 Å². The fourth-order valence-corrected chi connectivity index (χ4v) is 4.23. The van der Waals surface area contributed by atoms with Crippen molar-refractivity contribution in [2.24, 2.45) is 5.41 Å². The summed E-state index contributed by atoms with van der Waals surface area (Å²) < 4.78 is 0. The maximum absolute atomic E-state index is 10.4. The molecule has 1 N–H and O–H groups in total. The van der Waals surface area contributed by atoms with E-state index in [9.17, 15) is 5.11 Å². The molecule has 2 nitrogen and oxygen atoms in total. The van der Waals surface area contributed by atoms with Gasteiger partial charge in [-0.15, -0.1) is 0 Å². The van der Waals surface area contributed by atoms with Crippen LogP contribution in [0.1, 0.15) is 51.4 Å². The molecule has 0 unspecified atom stereocenters. The Labute approximate surface area is 111 Å². The molecule has 2 fully saturated rings. The van der Waals surface area contributed by atoms with E-state index < -0.39 is 5.60 Å². The van der Waals surface area contributed by atoms with Crippen molar-refractivity contribution in [2.75, 3.05) is 25.9 Å². The SMILES string of the molecule is CN(CC1(O)CCCC1)CC1(CS)CCCC1. The molecule has 0 heterocycles. The van der Waals surface area contributed by atoms with Crippen molar-refractivity contribution in [1.29, 1.82) is 0 Å². The van der Waals surface area contributed by atoms with E-state index in [1.807, 2.05) is 0 Å². The molecule has 0 bridgehead atoms. The minimum atomic E-state index is -0.398. The van der Waals surface area contributed by atoms with Crippen LogP contribution in [0.25, 0.3) is 0 Å². The van der Waals surface area contributed by atoms with E-state index in [1.54, 1.807) is 0 Å². The average Bonchev–Trinajstić information content (AvgIpc) is 2.88. The van der Waals surface area contributed by atoms with Crippen LogP contribution in [0.2, 0.25) is 0 Å². The Bertz CT molecular complexity index is 245. The van der Waals surface area contributed by atoms with Crippen LogP contribution >= 0.6 is 12.6 Å². The predicted molar refractivity (Wildman–Crippen MR) is 75.7 cm³/mol.